The molecule has 4 rings (SSSR count). The van der Waals surface area contributed by atoms with Crippen LogP contribution in [-0.2, 0) is 28.3 Å². The molecule has 0 radical (unpaired) electrons. The van der Waals surface area contributed by atoms with Crippen molar-refractivity contribution < 1.29 is 8.95 Å². The zero-order valence-corrected chi connectivity index (χ0v) is 15.8. The maximum Gasteiger partial charge on any atom is 0.263 e. The molecule has 0 aliphatic carbocycles. The Hall–Kier alpha value is -2.52. The smallest absolute Gasteiger partial charge is 0.263 e. The minimum Gasteiger partial charge on any atom is -0.381 e. The molecule has 2 N–H and O–H groups in total. The monoisotopic (exact) mass is 387 g/mol. The highest BCUT2D eigenvalue weighted by Crippen LogP contribution is 2.20. The molecule has 9 heteroatoms. The van der Waals surface area contributed by atoms with E-state index in [9.17, 15) is 9.00 Å². The van der Waals surface area contributed by atoms with Gasteiger partial charge in [0.1, 0.15) is 5.39 Å². The second kappa shape index (κ2) is 7.61. The van der Waals surface area contributed by atoms with Crippen molar-refractivity contribution in [2.75, 3.05) is 18.5 Å². The average molecular weight is 387 g/mol. The number of nitrogens with one attached hydrogen (secondary N) is 2. The Morgan fingerprint density at radius 3 is 3.00 bits per heavy atom. The predicted molar refractivity (Wildman–Crippen MR) is 105 cm³/mol. The number of H-pyrrole nitrogens is 1. The third kappa shape index (κ3) is 3.93. The first-order valence-corrected chi connectivity index (χ1v) is 10.2. The van der Waals surface area contributed by atoms with Gasteiger partial charge in [-0.1, -0.05) is 12.1 Å². The molecule has 1 aliphatic rings. The highest BCUT2D eigenvalue weighted by molar-refractivity contribution is 7.84. The topological polar surface area (TPSA) is 102 Å². The first kappa shape index (κ1) is 17.9. The maximum atomic E-state index is 12.6. The third-order valence-corrected chi connectivity index (χ3v) is 6.47. The van der Waals surface area contributed by atoms with Crippen LogP contribution >= 0.6 is 0 Å². The van der Waals surface area contributed by atoms with Crippen LogP contribution in [0, 0.1) is 0 Å². The summed E-state index contributed by atoms with van der Waals surface area (Å²) in [6, 6.07) is 7.68. The molecule has 142 valence electrons. The number of aromatic amines is 1. The summed E-state index contributed by atoms with van der Waals surface area (Å²) in [5.74, 6) is 0.851. The molecule has 1 unspecified atom stereocenters. The molecular formula is C18H21N5O3S. The summed E-state index contributed by atoms with van der Waals surface area (Å²) in [4.78, 5) is 19.3. The van der Waals surface area contributed by atoms with Crippen molar-refractivity contribution in [1.29, 1.82) is 0 Å². The number of anilines is 2. The van der Waals surface area contributed by atoms with Gasteiger partial charge in [0.05, 0.1) is 6.20 Å². The van der Waals surface area contributed by atoms with Crippen molar-refractivity contribution >= 4 is 33.5 Å². The molecule has 1 saturated heterocycles. The van der Waals surface area contributed by atoms with Gasteiger partial charge in [0.15, 0.2) is 5.65 Å². The van der Waals surface area contributed by atoms with Crippen LogP contribution in [0.1, 0.15) is 18.4 Å². The summed E-state index contributed by atoms with van der Waals surface area (Å²) < 4.78 is 19.5. The van der Waals surface area contributed by atoms with E-state index in [0.29, 0.717) is 35.9 Å². The van der Waals surface area contributed by atoms with E-state index in [1.54, 1.807) is 11.7 Å². The highest BCUT2D eigenvalue weighted by atomic mass is 32.2. The molecule has 0 amide bonds. The zero-order valence-electron chi connectivity index (χ0n) is 15.0. The fourth-order valence-corrected chi connectivity index (χ4v) is 4.65. The van der Waals surface area contributed by atoms with Crippen LogP contribution in [0.25, 0.3) is 11.0 Å². The molecule has 3 aromatic rings. The number of hydrogen-bond acceptors (Lipinski definition) is 6. The molecule has 1 fully saturated rings. The van der Waals surface area contributed by atoms with Gasteiger partial charge < -0.3 is 10.1 Å². The van der Waals surface area contributed by atoms with Crippen molar-refractivity contribution in [2.24, 2.45) is 7.05 Å². The lowest BCUT2D eigenvalue weighted by Gasteiger charge is -2.21. The predicted octanol–water partition coefficient (Wildman–Crippen LogP) is 1.83. The van der Waals surface area contributed by atoms with Gasteiger partial charge in [0.2, 0.25) is 5.95 Å². The largest absolute Gasteiger partial charge is 0.381 e. The summed E-state index contributed by atoms with van der Waals surface area (Å²) in [5, 5.41) is 7.82. The Kier molecular flexibility index (Phi) is 5.04. The Morgan fingerprint density at radius 1 is 1.37 bits per heavy atom. The number of ether oxygens (including phenoxy) is 1. The van der Waals surface area contributed by atoms with Gasteiger partial charge in [-0.3, -0.25) is 18.7 Å². The van der Waals surface area contributed by atoms with Crippen molar-refractivity contribution in [1.82, 2.24) is 19.7 Å². The molecule has 0 spiro atoms. The fourth-order valence-electron chi connectivity index (χ4n) is 3.19. The molecule has 0 bridgehead atoms. The highest BCUT2D eigenvalue weighted by Gasteiger charge is 2.20. The second-order valence-corrected chi connectivity index (χ2v) is 8.30. The first-order chi connectivity index (χ1) is 13.1. The van der Waals surface area contributed by atoms with Gasteiger partial charge >= 0.3 is 0 Å². The number of benzene rings is 1. The molecule has 1 atom stereocenters. The van der Waals surface area contributed by atoms with Gasteiger partial charge in [-0.05, 0) is 30.5 Å². The van der Waals surface area contributed by atoms with E-state index in [1.807, 2.05) is 24.3 Å². The van der Waals surface area contributed by atoms with E-state index < -0.39 is 10.8 Å². The minimum absolute atomic E-state index is 0.195. The van der Waals surface area contributed by atoms with E-state index in [2.05, 4.69) is 20.4 Å². The number of aromatic nitrogens is 4. The minimum atomic E-state index is -0.925. The van der Waals surface area contributed by atoms with Crippen molar-refractivity contribution in [3.63, 3.8) is 0 Å². The molecule has 8 nitrogen and oxygen atoms in total. The van der Waals surface area contributed by atoms with Gasteiger partial charge in [0.25, 0.3) is 5.56 Å². The van der Waals surface area contributed by atoms with E-state index in [-0.39, 0.29) is 10.8 Å². The summed E-state index contributed by atoms with van der Waals surface area (Å²) in [6.45, 7) is 1.38. The Bertz CT molecular complexity index is 1040. The van der Waals surface area contributed by atoms with Crippen molar-refractivity contribution in [2.45, 2.75) is 23.8 Å². The Balaban J connectivity index is 1.52. The molecule has 0 saturated carbocycles. The van der Waals surface area contributed by atoms with E-state index in [0.717, 1.165) is 24.1 Å². The molecule has 1 aliphatic heterocycles. The van der Waals surface area contributed by atoms with Gasteiger partial charge in [-0.15, -0.1) is 0 Å². The summed E-state index contributed by atoms with van der Waals surface area (Å²) in [7, 11) is 0.816. The van der Waals surface area contributed by atoms with E-state index in [4.69, 9.17) is 4.74 Å². The van der Waals surface area contributed by atoms with Crippen LogP contribution in [-0.4, -0.2) is 42.4 Å². The molecule has 1 aromatic carbocycles. The van der Waals surface area contributed by atoms with Crippen molar-refractivity contribution in [3.05, 3.63) is 46.4 Å². The van der Waals surface area contributed by atoms with Gasteiger partial charge in [-0.25, -0.2) is 0 Å². The van der Waals surface area contributed by atoms with Crippen LogP contribution in [0.2, 0.25) is 0 Å². The summed E-state index contributed by atoms with van der Waals surface area (Å²) in [6.07, 6.45) is 3.19. The standard InChI is InChI=1S/C18H21N5O3S/c1-23-16-15(10-19-23)17(24)22-18(21-16)20-13-4-2-3-12(9-13)11-27(25)14-5-7-26-8-6-14/h2-4,9-10,14H,5-8,11H2,1H3,(H2,20,21,22,24). The molecular weight excluding hydrogens is 366 g/mol. The Morgan fingerprint density at radius 2 is 2.19 bits per heavy atom. The molecule has 3 heterocycles. The number of nitrogens with zero attached hydrogens (tertiary/aromatic N) is 3. The van der Waals surface area contributed by atoms with Crippen molar-refractivity contribution in [3.8, 4) is 0 Å². The molecule has 27 heavy (non-hydrogen) atoms. The average Bonchev–Trinajstić information content (AvgIpc) is 3.04. The maximum absolute atomic E-state index is 12.6. The number of rotatable bonds is 5. The van der Waals surface area contributed by atoms with Gasteiger partial charge in [0, 0.05) is 47.8 Å². The van der Waals surface area contributed by atoms with E-state index >= 15 is 0 Å². The summed E-state index contributed by atoms with van der Waals surface area (Å²) >= 11 is 0. The van der Waals surface area contributed by atoms with Crippen LogP contribution in [0.3, 0.4) is 0 Å². The normalized spacial score (nSPS) is 16.5. The quantitative estimate of drug-likeness (QED) is 0.692. The summed E-state index contributed by atoms with van der Waals surface area (Å²) in [5.41, 5.74) is 2.03. The lowest BCUT2D eigenvalue weighted by Crippen LogP contribution is -2.25. The third-order valence-electron chi connectivity index (χ3n) is 4.64. The van der Waals surface area contributed by atoms with Crippen LogP contribution in [0.4, 0.5) is 11.6 Å². The lowest BCUT2D eigenvalue weighted by molar-refractivity contribution is 0.0992. The number of fused-ring (bicyclic) bond motifs is 1. The van der Waals surface area contributed by atoms with Crippen LogP contribution in [0.5, 0.6) is 0 Å². The Labute approximate surface area is 158 Å². The second-order valence-electron chi connectivity index (χ2n) is 6.58. The van der Waals surface area contributed by atoms with E-state index in [1.165, 1.54) is 6.20 Å². The SMILES string of the molecule is Cn1ncc2c(=O)[nH]c(Nc3cccc(CS(=O)C4CCOCC4)c3)nc21. The fraction of sp³-hybridized carbons (Fsp3) is 0.389. The molecule has 2 aromatic heterocycles. The number of aryl methyl sites for hydroxylation is 1. The first-order valence-electron chi connectivity index (χ1n) is 8.83. The number of hydrogen-bond donors (Lipinski definition) is 2. The van der Waals surface area contributed by atoms with Gasteiger partial charge in [-0.2, -0.15) is 10.1 Å². The van der Waals surface area contributed by atoms with Crippen LogP contribution in [0.15, 0.2) is 35.3 Å². The zero-order chi connectivity index (χ0) is 18.8. The van der Waals surface area contributed by atoms with Crippen LogP contribution < -0.4 is 10.9 Å². The lowest BCUT2D eigenvalue weighted by atomic mass is 10.2.